The first-order valence-electron chi connectivity index (χ1n) is 12.2. The number of para-hydroxylation sites is 1. The molecule has 1 heterocycles. The zero-order valence-corrected chi connectivity index (χ0v) is 21.5. The van der Waals surface area contributed by atoms with Crippen molar-refractivity contribution in [1.29, 1.82) is 0 Å². The van der Waals surface area contributed by atoms with Gasteiger partial charge in [-0.3, -0.25) is 4.79 Å². The number of allylic oxidation sites excluding steroid dienone is 3. The van der Waals surface area contributed by atoms with Crippen LogP contribution in [0, 0.1) is 0 Å². The number of methoxy groups -OCH3 is 3. The van der Waals surface area contributed by atoms with Gasteiger partial charge in [0.2, 0.25) is 0 Å². The largest absolute Gasteiger partial charge is 0.496 e. The van der Waals surface area contributed by atoms with E-state index in [0.29, 0.717) is 54.2 Å². The predicted molar refractivity (Wildman–Crippen MR) is 136 cm³/mol. The van der Waals surface area contributed by atoms with E-state index in [1.165, 1.54) is 0 Å². The number of hydrogen-bond donors (Lipinski definition) is 1. The van der Waals surface area contributed by atoms with E-state index in [-0.39, 0.29) is 11.7 Å². The molecule has 1 N–H and O–H groups in total. The van der Waals surface area contributed by atoms with E-state index < -0.39 is 11.9 Å². The predicted octanol–water partition coefficient (Wildman–Crippen LogP) is 5.03. The van der Waals surface area contributed by atoms with Gasteiger partial charge in [-0.05, 0) is 49.1 Å². The molecule has 0 saturated carbocycles. The summed E-state index contributed by atoms with van der Waals surface area (Å²) in [5, 5.41) is 3.39. The van der Waals surface area contributed by atoms with Crippen LogP contribution in [0.2, 0.25) is 0 Å². The van der Waals surface area contributed by atoms with Crippen LogP contribution in [0.1, 0.15) is 56.1 Å². The fourth-order valence-electron chi connectivity index (χ4n) is 5.17. The lowest BCUT2D eigenvalue weighted by atomic mass is 9.71. The SMILES string of the molecule is CCCOC(=O)C1=C(C)NC2=C(C(=O)C[C@H](c3ccccc3OC)C2)[C@@H]1c1ccc(OC)c(OC)c1. The van der Waals surface area contributed by atoms with E-state index in [1.807, 2.05) is 50.2 Å². The van der Waals surface area contributed by atoms with Crippen LogP contribution in [0.25, 0.3) is 0 Å². The molecule has 2 aromatic carbocycles. The fraction of sp³-hybridized carbons (Fsp3) is 0.379. The lowest BCUT2D eigenvalue weighted by Gasteiger charge is -2.37. The minimum Gasteiger partial charge on any atom is -0.496 e. The lowest BCUT2D eigenvalue weighted by molar-refractivity contribution is -0.139. The van der Waals surface area contributed by atoms with Gasteiger partial charge < -0.3 is 24.3 Å². The second-order valence-corrected chi connectivity index (χ2v) is 9.01. The van der Waals surface area contributed by atoms with Crippen molar-refractivity contribution < 1.29 is 28.5 Å². The number of ether oxygens (including phenoxy) is 4. The molecule has 0 unspecified atom stereocenters. The number of Topliss-reactive ketones (excluding diaryl/α,β-unsaturated/α-hetero) is 1. The fourth-order valence-corrected chi connectivity index (χ4v) is 5.17. The Morgan fingerprint density at radius 3 is 2.39 bits per heavy atom. The normalized spacial score (nSPS) is 19.4. The molecule has 7 heteroatoms. The number of hydrogen-bond acceptors (Lipinski definition) is 7. The van der Waals surface area contributed by atoms with Crippen LogP contribution < -0.4 is 19.5 Å². The van der Waals surface area contributed by atoms with Gasteiger partial charge in [0.25, 0.3) is 0 Å². The number of carbonyl (C=O) groups is 2. The van der Waals surface area contributed by atoms with Gasteiger partial charge in [-0.1, -0.05) is 31.2 Å². The Bertz CT molecular complexity index is 1230. The Kier molecular flexibility index (Phi) is 7.67. The van der Waals surface area contributed by atoms with Crippen molar-refractivity contribution in [2.75, 3.05) is 27.9 Å². The third-order valence-electron chi connectivity index (χ3n) is 6.80. The Labute approximate surface area is 212 Å². The van der Waals surface area contributed by atoms with Crippen LogP contribution in [0.5, 0.6) is 17.2 Å². The third kappa shape index (κ3) is 4.70. The first-order chi connectivity index (χ1) is 17.4. The summed E-state index contributed by atoms with van der Waals surface area (Å²) in [4.78, 5) is 27.0. The highest BCUT2D eigenvalue weighted by molar-refractivity contribution is 6.04. The number of nitrogens with one attached hydrogen (secondary N) is 1. The summed E-state index contributed by atoms with van der Waals surface area (Å²) in [6.07, 6.45) is 1.65. The molecule has 2 atom stereocenters. The van der Waals surface area contributed by atoms with Crippen LogP contribution in [0.3, 0.4) is 0 Å². The van der Waals surface area contributed by atoms with Gasteiger partial charge in [0.05, 0.1) is 33.5 Å². The second kappa shape index (κ2) is 10.9. The van der Waals surface area contributed by atoms with Gasteiger partial charge >= 0.3 is 5.97 Å². The molecule has 0 aromatic heterocycles. The maximum Gasteiger partial charge on any atom is 0.336 e. The first kappa shape index (κ1) is 25.4. The molecule has 0 radical (unpaired) electrons. The average molecular weight is 492 g/mol. The standard InChI is InChI=1S/C29H33NO6/c1-6-13-36-29(32)26-17(2)30-21-14-19(20-9-7-8-10-23(20)33-3)15-22(31)28(21)27(26)18-11-12-24(34-4)25(16-18)35-5/h7-12,16,19,27,30H,6,13-15H2,1-5H3/t19-,27-/m1/s1. The van der Waals surface area contributed by atoms with E-state index >= 15 is 0 Å². The molecule has 1 aliphatic heterocycles. The molecule has 0 saturated heterocycles. The van der Waals surface area contributed by atoms with E-state index in [9.17, 15) is 9.59 Å². The van der Waals surface area contributed by atoms with Crippen LogP contribution in [0.4, 0.5) is 0 Å². The maximum atomic E-state index is 13.8. The van der Waals surface area contributed by atoms with Crippen molar-refractivity contribution in [2.24, 2.45) is 0 Å². The monoisotopic (exact) mass is 491 g/mol. The van der Waals surface area contributed by atoms with Crippen LogP contribution in [-0.2, 0) is 14.3 Å². The first-order valence-corrected chi connectivity index (χ1v) is 12.2. The Morgan fingerprint density at radius 2 is 1.69 bits per heavy atom. The van der Waals surface area contributed by atoms with E-state index in [1.54, 1.807) is 27.4 Å². The van der Waals surface area contributed by atoms with Gasteiger partial charge in [0, 0.05) is 35.2 Å². The number of rotatable bonds is 8. The molecule has 2 aliphatic rings. The third-order valence-corrected chi connectivity index (χ3v) is 6.80. The van der Waals surface area contributed by atoms with Crippen LogP contribution in [-0.4, -0.2) is 39.7 Å². The van der Waals surface area contributed by atoms with Crippen molar-refractivity contribution >= 4 is 11.8 Å². The summed E-state index contributed by atoms with van der Waals surface area (Å²) in [6, 6.07) is 13.3. The number of esters is 1. The average Bonchev–Trinajstić information content (AvgIpc) is 2.90. The van der Waals surface area contributed by atoms with Gasteiger partial charge in [-0.25, -0.2) is 4.79 Å². The lowest BCUT2D eigenvalue weighted by Crippen LogP contribution is -2.36. The maximum absolute atomic E-state index is 13.8. The van der Waals surface area contributed by atoms with Crippen molar-refractivity contribution in [2.45, 2.75) is 44.9 Å². The van der Waals surface area contributed by atoms with Gasteiger partial charge in [0.1, 0.15) is 5.75 Å². The summed E-state index contributed by atoms with van der Waals surface area (Å²) in [7, 11) is 4.78. The van der Waals surface area contributed by atoms with Gasteiger partial charge in [0.15, 0.2) is 17.3 Å². The Balaban J connectivity index is 1.82. The molecule has 0 fully saturated rings. The molecular formula is C29H33NO6. The number of carbonyl (C=O) groups excluding carboxylic acids is 2. The summed E-state index contributed by atoms with van der Waals surface area (Å²) >= 11 is 0. The molecular weight excluding hydrogens is 458 g/mol. The Hall–Kier alpha value is -3.74. The van der Waals surface area contributed by atoms with E-state index in [0.717, 1.165) is 22.6 Å². The molecule has 0 amide bonds. The molecule has 190 valence electrons. The molecule has 4 rings (SSSR count). The highest BCUT2D eigenvalue weighted by Gasteiger charge is 2.42. The van der Waals surface area contributed by atoms with Crippen molar-refractivity contribution in [3.05, 3.63) is 76.1 Å². The zero-order chi connectivity index (χ0) is 25.8. The number of benzene rings is 2. The van der Waals surface area contributed by atoms with E-state index in [2.05, 4.69) is 5.32 Å². The minimum atomic E-state index is -0.573. The Morgan fingerprint density at radius 1 is 0.972 bits per heavy atom. The highest BCUT2D eigenvalue weighted by Crippen LogP contribution is 2.47. The van der Waals surface area contributed by atoms with Gasteiger partial charge in [-0.15, -0.1) is 0 Å². The summed E-state index contributed by atoms with van der Waals surface area (Å²) in [5.41, 5.74) is 4.32. The molecule has 7 nitrogen and oxygen atoms in total. The molecule has 0 spiro atoms. The summed E-state index contributed by atoms with van der Waals surface area (Å²) < 4.78 is 22.1. The smallest absolute Gasteiger partial charge is 0.336 e. The van der Waals surface area contributed by atoms with Crippen LogP contribution >= 0.6 is 0 Å². The quantitative estimate of drug-likeness (QED) is 0.519. The molecule has 0 bridgehead atoms. The zero-order valence-electron chi connectivity index (χ0n) is 21.5. The molecule has 2 aromatic rings. The summed E-state index contributed by atoms with van der Waals surface area (Å²) in [5.74, 6) is 0.836. The van der Waals surface area contributed by atoms with E-state index in [4.69, 9.17) is 18.9 Å². The number of dihydropyridines is 1. The highest BCUT2D eigenvalue weighted by atomic mass is 16.5. The summed E-state index contributed by atoms with van der Waals surface area (Å²) in [6.45, 7) is 4.12. The molecule has 1 aliphatic carbocycles. The van der Waals surface area contributed by atoms with Crippen molar-refractivity contribution in [1.82, 2.24) is 5.32 Å². The van der Waals surface area contributed by atoms with Crippen molar-refractivity contribution in [3.63, 3.8) is 0 Å². The topological polar surface area (TPSA) is 83.1 Å². The van der Waals surface area contributed by atoms with Crippen molar-refractivity contribution in [3.8, 4) is 17.2 Å². The van der Waals surface area contributed by atoms with Crippen LogP contribution in [0.15, 0.2) is 65.0 Å². The van der Waals surface area contributed by atoms with Gasteiger partial charge in [-0.2, -0.15) is 0 Å². The number of ketones is 1. The molecule has 36 heavy (non-hydrogen) atoms. The second-order valence-electron chi connectivity index (χ2n) is 9.01. The minimum absolute atomic E-state index is 0.00673.